The van der Waals surface area contributed by atoms with Crippen molar-refractivity contribution in [2.45, 2.75) is 20.3 Å². The van der Waals surface area contributed by atoms with Gasteiger partial charge >= 0.3 is 0 Å². The molecule has 0 saturated heterocycles. The molecule has 0 fully saturated rings. The van der Waals surface area contributed by atoms with E-state index in [1.54, 1.807) is 32.2 Å². The average Bonchev–Trinajstić information content (AvgIpc) is 2.97. The number of nitrogens with one attached hydrogen (secondary N) is 1. The van der Waals surface area contributed by atoms with E-state index in [9.17, 15) is 9.59 Å². The first-order chi connectivity index (χ1) is 13.5. The second-order valence-corrected chi connectivity index (χ2v) is 6.35. The van der Waals surface area contributed by atoms with Gasteiger partial charge in [-0.2, -0.15) is 0 Å². The predicted molar refractivity (Wildman–Crippen MR) is 108 cm³/mol. The number of aryl methyl sites for hydroxylation is 1. The van der Waals surface area contributed by atoms with Gasteiger partial charge < -0.3 is 14.8 Å². The molecule has 6 nitrogen and oxygen atoms in total. The molecule has 6 heteroatoms. The Labute approximate surface area is 164 Å². The van der Waals surface area contributed by atoms with E-state index in [1.807, 2.05) is 24.3 Å². The molecule has 2 amide bonds. The molecule has 0 bridgehead atoms. The zero-order valence-electron chi connectivity index (χ0n) is 16.5. The summed E-state index contributed by atoms with van der Waals surface area (Å²) in [6.07, 6.45) is 0.931. The maximum absolute atomic E-state index is 12.9. The third-order valence-electron chi connectivity index (χ3n) is 4.79. The lowest BCUT2D eigenvalue weighted by Gasteiger charge is -2.12. The van der Waals surface area contributed by atoms with E-state index in [0.717, 1.165) is 12.1 Å². The number of amides is 2. The van der Waals surface area contributed by atoms with E-state index in [-0.39, 0.29) is 17.5 Å². The van der Waals surface area contributed by atoms with E-state index >= 15 is 0 Å². The first-order valence-corrected chi connectivity index (χ1v) is 9.22. The first-order valence-electron chi connectivity index (χ1n) is 9.22. The molecule has 0 aliphatic carbocycles. The van der Waals surface area contributed by atoms with Crippen LogP contribution in [-0.4, -0.2) is 37.5 Å². The smallest absolute Gasteiger partial charge is 0.278 e. The zero-order valence-corrected chi connectivity index (χ0v) is 16.5. The van der Waals surface area contributed by atoms with Crippen LogP contribution in [0.5, 0.6) is 11.5 Å². The van der Waals surface area contributed by atoms with Crippen molar-refractivity contribution in [3.63, 3.8) is 0 Å². The minimum absolute atomic E-state index is 0.267. The van der Waals surface area contributed by atoms with Crippen molar-refractivity contribution in [1.29, 1.82) is 0 Å². The summed E-state index contributed by atoms with van der Waals surface area (Å²) in [6.45, 7) is 4.16. The summed E-state index contributed by atoms with van der Waals surface area (Å²) in [5.74, 6) is 0.388. The fourth-order valence-electron chi connectivity index (χ4n) is 3.21. The van der Waals surface area contributed by atoms with Crippen molar-refractivity contribution in [1.82, 2.24) is 4.90 Å². The van der Waals surface area contributed by atoms with Crippen molar-refractivity contribution >= 4 is 23.1 Å². The van der Waals surface area contributed by atoms with E-state index in [2.05, 4.69) is 12.2 Å². The number of rotatable bonds is 7. The monoisotopic (exact) mass is 380 g/mol. The van der Waals surface area contributed by atoms with Gasteiger partial charge in [-0.15, -0.1) is 0 Å². The summed E-state index contributed by atoms with van der Waals surface area (Å²) in [6, 6.07) is 13.0. The van der Waals surface area contributed by atoms with Gasteiger partial charge in [-0.05, 0) is 48.7 Å². The fraction of sp³-hybridized carbons (Fsp3) is 0.273. The van der Waals surface area contributed by atoms with Crippen molar-refractivity contribution in [2.24, 2.45) is 0 Å². The highest BCUT2D eigenvalue weighted by atomic mass is 16.5. The Bertz CT molecular complexity index is 932. The predicted octanol–water partition coefficient (Wildman–Crippen LogP) is 3.48. The first kappa shape index (κ1) is 19.5. The topological polar surface area (TPSA) is 67.9 Å². The van der Waals surface area contributed by atoms with Gasteiger partial charge in [-0.25, -0.2) is 0 Å². The minimum Gasteiger partial charge on any atom is -0.493 e. The largest absolute Gasteiger partial charge is 0.493 e. The highest BCUT2D eigenvalue weighted by Gasteiger charge is 2.38. The Kier molecular flexibility index (Phi) is 5.68. The van der Waals surface area contributed by atoms with Gasteiger partial charge in [0, 0.05) is 12.2 Å². The lowest BCUT2D eigenvalue weighted by molar-refractivity contribution is -0.136. The Morgan fingerprint density at radius 3 is 2.14 bits per heavy atom. The summed E-state index contributed by atoms with van der Waals surface area (Å²) in [5.41, 5.74) is 3.14. The molecule has 2 aromatic rings. The van der Waals surface area contributed by atoms with E-state index in [1.165, 1.54) is 17.6 Å². The molecule has 1 N–H and O–H groups in total. The molecule has 0 spiro atoms. The average molecular weight is 380 g/mol. The number of anilines is 1. The van der Waals surface area contributed by atoms with Crippen LogP contribution in [0.3, 0.4) is 0 Å². The molecule has 2 aromatic carbocycles. The summed E-state index contributed by atoms with van der Waals surface area (Å²) < 4.78 is 10.6. The van der Waals surface area contributed by atoms with Crippen LogP contribution in [0.2, 0.25) is 0 Å². The Hall–Kier alpha value is -3.28. The van der Waals surface area contributed by atoms with Crippen molar-refractivity contribution in [2.75, 3.05) is 26.1 Å². The number of hydrogen-bond acceptors (Lipinski definition) is 5. The molecule has 0 atom stereocenters. The van der Waals surface area contributed by atoms with Crippen LogP contribution in [0.1, 0.15) is 25.0 Å². The molecular formula is C22H24N2O4. The van der Waals surface area contributed by atoms with Gasteiger partial charge in [0.1, 0.15) is 5.70 Å². The van der Waals surface area contributed by atoms with Gasteiger partial charge in [0.15, 0.2) is 11.5 Å². The number of benzene rings is 2. The zero-order chi connectivity index (χ0) is 20.3. The summed E-state index contributed by atoms with van der Waals surface area (Å²) >= 11 is 0. The molecule has 1 aliphatic heterocycles. The number of hydrogen-bond donors (Lipinski definition) is 1. The molecule has 3 rings (SSSR count). The second-order valence-electron chi connectivity index (χ2n) is 6.35. The maximum atomic E-state index is 12.9. The molecule has 146 valence electrons. The third kappa shape index (κ3) is 3.45. The van der Waals surface area contributed by atoms with Crippen LogP contribution in [0, 0.1) is 0 Å². The molecule has 0 radical (unpaired) electrons. The maximum Gasteiger partial charge on any atom is 0.278 e. The number of methoxy groups -OCH3 is 2. The number of carbonyl (C=O) groups is 2. The Balaban J connectivity index is 2.08. The highest BCUT2D eigenvalue weighted by molar-refractivity contribution is 6.36. The number of imide groups is 1. The minimum atomic E-state index is -0.336. The molecule has 1 heterocycles. The lowest BCUT2D eigenvalue weighted by Crippen LogP contribution is -2.32. The quantitative estimate of drug-likeness (QED) is 0.745. The van der Waals surface area contributed by atoms with Crippen LogP contribution in [0.15, 0.2) is 48.2 Å². The van der Waals surface area contributed by atoms with E-state index < -0.39 is 0 Å². The molecule has 1 aliphatic rings. The van der Waals surface area contributed by atoms with E-state index in [0.29, 0.717) is 29.2 Å². The summed E-state index contributed by atoms with van der Waals surface area (Å²) in [4.78, 5) is 27.0. The van der Waals surface area contributed by atoms with Crippen molar-refractivity contribution in [3.05, 3.63) is 59.3 Å². The lowest BCUT2D eigenvalue weighted by atomic mass is 10.0. The highest BCUT2D eigenvalue weighted by Crippen LogP contribution is 2.35. The standard InChI is InChI=1S/C22H24N2O4/c1-5-14-7-10-16(11-8-14)23-20-19(21(25)24(6-2)22(20)26)15-9-12-17(27-3)18(13-15)28-4/h7-13,23H,5-6H2,1-4H3. The van der Waals surface area contributed by atoms with Gasteiger partial charge in [0.2, 0.25) is 0 Å². The molecular weight excluding hydrogens is 356 g/mol. The second kappa shape index (κ2) is 8.17. The van der Waals surface area contributed by atoms with E-state index in [4.69, 9.17) is 9.47 Å². The molecule has 28 heavy (non-hydrogen) atoms. The van der Waals surface area contributed by atoms with Gasteiger partial charge in [-0.3, -0.25) is 14.5 Å². The Morgan fingerprint density at radius 2 is 1.57 bits per heavy atom. The molecule has 0 unspecified atom stereocenters. The number of carbonyl (C=O) groups excluding carboxylic acids is 2. The molecule has 0 saturated carbocycles. The van der Waals surface area contributed by atoms with Crippen LogP contribution < -0.4 is 14.8 Å². The van der Waals surface area contributed by atoms with Crippen LogP contribution in [0.4, 0.5) is 5.69 Å². The number of likely N-dealkylation sites (N-methyl/N-ethyl adjacent to an activating group) is 1. The van der Waals surface area contributed by atoms with Crippen molar-refractivity contribution < 1.29 is 19.1 Å². The SMILES string of the molecule is CCc1ccc(NC2=C(c3ccc(OC)c(OC)c3)C(=O)N(CC)C2=O)cc1. The number of ether oxygens (including phenoxy) is 2. The fourth-order valence-corrected chi connectivity index (χ4v) is 3.21. The third-order valence-corrected chi connectivity index (χ3v) is 4.79. The summed E-state index contributed by atoms with van der Waals surface area (Å²) in [5, 5.41) is 3.15. The Morgan fingerprint density at radius 1 is 0.893 bits per heavy atom. The number of nitrogens with zero attached hydrogens (tertiary/aromatic N) is 1. The van der Waals surface area contributed by atoms with Crippen molar-refractivity contribution in [3.8, 4) is 11.5 Å². The van der Waals surface area contributed by atoms with Crippen LogP contribution in [0.25, 0.3) is 5.57 Å². The van der Waals surface area contributed by atoms with Gasteiger partial charge in [0.25, 0.3) is 11.8 Å². The van der Waals surface area contributed by atoms with Gasteiger partial charge in [-0.1, -0.05) is 25.1 Å². The van der Waals surface area contributed by atoms with Crippen LogP contribution in [-0.2, 0) is 16.0 Å². The summed E-state index contributed by atoms with van der Waals surface area (Å²) in [7, 11) is 3.08. The molecule has 0 aromatic heterocycles. The normalized spacial score (nSPS) is 13.9. The van der Waals surface area contributed by atoms with Gasteiger partial charge in [0.05, 0.1) is 19.8 Å². The van der Waals surface area contributed by atoms with Crippen LogP contribution >= 0.6 is 0 Å².